The minimum atomic E-state index is -0.738. The molecule has 21 heavy (non-hydrogen) atoms. The zero-order valence-corrected chi connectivity index (χ0v) is 13.4. The number of nitrogens with one attached hydrogen (secondary N) is 1. The van der Waals surface area contributed by atoms with E-state index in [4.69, 9.17) is 16.7 Å². The Morgan fingerprint density at radius 3 is 2.90 bits per heavy atom. The van der Waals surface area contributed by atoms with E-state index in [0.29, 0.717) is 6.42 Å². The lowest BCUT2D eigenvalue weighted by atomic mass is 10.2. The van der Waals surface area contributed by atoms with Gasteiger partial charge >= 0.3 is 5.97 Å². The number of anilines is 1. The minimum Gasteiger partial charge on any atom is -0.481 e. The van der Waals surface area contributed by atoms with Gasteiger partial charge in [-0.2, -0.15) is 0 Å². The van der Waals surface area contributed by atoms with Crippen LogP contribution in [0.3, 0.4) is 0 Å². The molecule has 0 saturated carbocycles. The van der Waals surface area contributed by atoms with Gasteiger partial charge < -0.3 is 10.4 Å². The van der Waals surface area contributed by atoms with Crippen LogP contribution in [0, 0.1) is 0 Å². The van der Waals surface area contributed by atoms with Crippen molar-refractivity contribution in [1.29, 1.82) is 0 Å². The summed E-state index contributed by atoms with van der Waals surface area (Å²) < 4.78 is 0. The summed E-state index contributed by atoms with van der Waals surface area (Å²) in [5, 5.41) is 13.1. The predicted octanol–water partition coefficient (Wildman–Crippen LogP) is 3.96. The fraction of sp³-hybridized carbons (Fsp3) is 0.500. The molecule has 0 bridgehead atoms. The second-order valence-electron chi connectivity index (χ2n) is 4.76. The van der Waals surface area contributed by atoms with Crippen molar-refractivity contribution in [2.45, 2.75) is 39.0 Å². The monoisotopic (exact) mass is 327 g/mol. The molecule has 0 aliphatic carbocycles. The van der Waals surface area contributed by atoms with Crippen molar-refractivity contribution < 1.29 is 9.90 Å². The molecule has 7 heteroatoms. The number of fused-ring (bicyclic) bond motifs is 1. The Hall–Kier alpha value is -1.40. The van der Waals surface area contributed by atoms with Crippen molar-refractivity contribution in [2.24, 2.45) is 0 Å². The largest absolute Gasteiger partial charge is 0.481 e. The second-order valence-corrected chi connectivity index (χ2v) is 6.21. The first-order valence-electron chi connectivity index (χ1n) is 7.01. The van der Waals surface area contributed by atoms with Crippen molar-refractivity contribution in [1.82, 2.24) is 9.97 Å². The third kappa shape index (κ3) is 4.54. The maximum absolute atomic E-state index is 10.4. The van der Waals surface area contributed by atoms with E-state index in [2.05, 4.69) is 28.3 Å². The van der Waals surface area contributed by atoms with Crippen LogP contribution < -0.4 is 5.32 Å². The van der Waals surface area contributed by atoms with Crippen molar-refractivity contribution in [3.63, 3.8) is 0 Å². The van der Waals surface area contributed by atoms with Crippen LogP contribution in [-0.2, 0) is 11.2 Å². The Labute approximate surface area is 132 Å². The quantitative estimate of drug-likeness (QED) is 0.567. The van der Waals surface area contributed by atoms with Gasteiger partial charge in [-0.05, 0) is 36.9 Å². The molecule has 5 nitrogen and oxygen atoms in total. The van der Waals surface area contributed by atoms with Gasteiger partial charge in [-0.1, -0.05) is 13.3 Å². The highest BCUT2D eigenvalue weighted by molar-refractivity contribution is 7.18. The van der Waals surface area contributed by atoms with Gasteiger partial charge in [0.1, 0.15) is 10.6 Å². The molecule has 0 fully saturated rings. The number of unbranched alkanes of at least 4 members (excludes halogenated alkanes) is 2. The van der Waals surface area contributed by atoms with Gasteiger partial charge in [-0.15, -0.1) is 11.3 Å². The van der Waals surface area contributed by atoms with Crippen LogP contribution in [0.15, 0.2) is 6.07 Å². The molecule has 0 radical (unpaired) electrons. The van der Waals surface area contributed by atoms with E-state index in [1.54, 1.807) is 11.3 Å². The summed E-state index contributed by atoms with van der Waals surface area (Å²) in [6, 6.07) is 2.10. The number of aryl methyl sites for hydroxylation is 1. The molecular formula is C14H18ClN3O2S. The van der Waals surface area contributed by atoms with Crippen molar-refractivity contribution in [3.05, 3.63) is 16.2 Å². The molecule has 0 spiro atoms. The predicted molar refractivity (Wildman–Crippen MR) is 86.4 cm³/mol. The summed E-state index contributed by atoms with van der Waals surface area (Å²) in [6.45, 7) is 2.86. The fourth-order valence-electron chi connectivity index (χ4n) is 2.04. The third-order valence-electron chi connectivity index (χ3n) is 3.12. The highest BCUT2D eigenvalue weighted by Crippen LogP contribution is 2.30. The summed E-state index contributed by atoms with van der Waals surface area (Å²) >= 11 is 7.59. The van der Waals surface area contributed by atoms with Gasteiger partial charge in [-0.3, -0.25) is 4.79 Å². The standard InChI is InChI=1S/C14H18ClN3O2S/c1-2-9-8-10-12(17-14(15)18-13(10)21-9)16-7-5-3-4-6-11(19)20/h8H,2-7H2,1H3,(H,19,20)(H,16,17,18). The van der Waals surface area contributed by atoms with E-state index in [1.165, 1.54) is 4.88 Å². The Bertz CT molecular complexity index is 630. The van der Waals surface area contributed by atoms with Gasteiger partial charge in [0.15, 0.2) is 0 Å². The average Bonchev–Trinajstić information content (AvgIpc) is 2.85. The summed E-state index contributed by atoms with van der Waals surface area (Å²) in [6.07, 6.45) is 3.68. The van der Waals surface area contributed by atoms with Crippen LogP contribution in [0.25, 0.3) is 10.2 Å². The van der Waals surface area contributed by atoms with Crippen molar-refractivity contribution >= 4 is 44.9 Å². The molecule has 2 aromatic heterocycles. The van der Waals surface area contributed by atoms with Crippen molar-refractivity contribution in [2.75, 3.05) is 11.9 Å². The molecule has 0 aliphatic heterocycles. The van der Waals surface area contributed by atoms with E-state index < -0.39 is 5.97 Å². The van der Waals surface area contributed by atoms with Gasteiger partial charge in [0.25, 0.3) is 0 Å². The SMILES string of the molecule is CCc1cc2c(NCCCCCC(=O)O)nc(Cl)nc2s1. The number of hydrogen-bond donors (Lipinski definition) is 2. The zero-order valence-electron chi connectivity index (χ0n) is 11.9. The highest BCUT2D eigenvalue weighted by atomic mass is 35.5. The summed E-state index contributed by atoms with van der Waals surface area (Å²) in [7, 11) is 0. The molecule has 0 unspecified atom stereocenters. The molecule has 0 aliphatic rings. The lowest BCUT2D eigenvalue weighted by Crippen LogP contribution is -2.04. The van der Waals surface area contributed by atoms with E-state index in [1.807, 2.05) is 0 Å². The topological polar surface area (TPSA) is 75.1 Å². The third-order valence-corrected chi connectivity index (χ3v) is 4.47. The maximum atomic E-state index is 10.4. The number of carboxylic acid groups (broad SMARTS) is 1. The second kappa shape index (κ2) is 7.56. The molecule has 0 amide bonds. The lowest BCUT2D eigenvalue weighted by Gasteiger charge is -2.06. The average molecular weight is 328 g/mol. The van der Waals surface area contributed by atoms with Gasteiger partial charge in [-0.25, -0.2) is 9.97 Å². The van der Waals surface area contributed by atoms with Gasteiger partial charge in [0, 0.05) is 17.8 Å². The summed E-state index contributed by atoms with van der Waals surface area (Å²) in [4.78, 5) is 21.1. The van der Waals surface area contributed by atoms with Crippen LogP contribution in [0.5, 0.6) is 0 Å². The van der Waals surface area contributed by atoms with Crippen LogP contribution in [0.1, 0.15) is 37.5 Å². The van der Waals surface area contributed by atoms with Crippen LogP contribution in [-0.4, -0.2) is 27.6 Å². The van der Waals surface area contributed by atoms with Crippen LogP contribution in [0.4, 0.5) is 5.82 Å². The Morgan fingerprint density at radius 2 is 2.19 bits per heavy atom. The summed E-state index contributed by atoms with van der Waals surface area (Å²) in [5.74, 6) is 0.0248. The molecule has 2 aromatic rings. The first kappa shape index (κ1) is 16.0. The normalized spacial score (nSPS) is 11.0. The molecule has 2 heterocycles. The fourth-order valence-corrected chi connectivity index (χ4v) is 3.23. The smallest absolute Gasteiger partial charge is 0.303 e. The number of nitrogens with zero attached hydrogens (tertiary/aromatic N) is 2. The Kier molecular flexibility index (Phi) is 5.76. The number of aliphatic carboxylic acids is 1. The number of halogens is 1. The molecule has 0 atom stereocenters. The number of rotatable bonds is 8. The van der Waals surface area contributed by atoms with Gasteiger partial charge in [0.05, 0.1) is 5.39 Å². The zero-order chi connectivity index (χ0) is 15.2. The first-order valence-corrected chi connectivity index (χ1v) is 8.21. The Morgan fingerprint density at radius 1 is 1.38 bits per heavy atom. The minimum absolute atomic E-state index is 0.230. The van der Waals surface area contributed by atoms with Crippen LogP contribution in [0.2, 0.25) is 5.28 Å². The molecule has 114 valence electrons. The Balaban J connectivity index is 1.94. The number of thiophene rings is 1. The van der Waals surface area contributed by atoms with Crippen LogP contribution >= 0.6 is 22.9 Å². The van der Waals surface area contributed by atoms with Crippen molar-refractivity contribution in [3.8, 4) is 0 Å². The molecule has 2 N–H and O–H groups in total. The number of hydrogen-bond acceptors (Lipinski definition) is 5. The summed E-state index contributed by atoms with van der Waals surface area (Å²) in [5.41, 5.74) is 0. The van der Waals surface area contributed by atoms with E-state index in [-0.39, 0.29) is 11.7 Å². The molecular weight excluding hydrogens is 310 g/mol. The maximum Gasteiger partial charge on any atom is 0.303 e. The molecule has 0 saturated heterocycles. The van der Waals surface area contributed by atoms with E-state index in [9.17, 15) is 4.79 Å². The molecule has 2 rings (SSSR count). The van der Waals surface area contributed by atoms with E-state index in [0.717, 1.165) is 41.8 Å². The lowest BCUT2D eigenvalue weighted by molar-refractivity contribution is -0.137. The first-order chi connectivity index (χ1) is 10.1. The molecule has 0 aromatic carbocycles. The number of aromatic nitrogens is 2. The van der Waals surface area contributed by atoms with E-state index >= 15 is 0 Å². The highest BCUT2D eigenvalue weighted by Gasteiger charge is 2.10. The van der Waals surface area contributed by atoms with Gasteiger partial charge in [0.2, 0.25) is 5.28 Å². The number of carbonyl (C=O) groups is 1. The number of carboxylic acids is 1.